The lowest BCUT2D eigenvalue weighted by molar-refractivity contribution is -0.137. The summed E-state index contributed by atoms with van der Waals surface area (Å²) in [6.07, 6.45) is -3.97. The summed E-state index contributed by atoms with van der Waals surface area (Å²) in [5.74, 6) is -0.627. The first-order chi connectivity index (χ1) is 9.36. The molecule has 0 atom stereocenters. The Morgan fingerprint density at radius 3 is 2.60 bits per heavy atom. The number of aromatic nitrogens is 1. The molecule has 0 fully saturated rings. The van der Waals surface area contributed by atoms with Gasteiger partial charge in [-0.05, 0) is 6.07 Å². The van der Waals surface area contributed by atoms with Crippen molar-refractivity contribution in [1.29, 1.82) is 0 Å². The summed E-state index contributed by atoms with van der Waals surface area (Å²) in [4.78, 5) is 15.1. The fraction of sp³-hybridized carbons (Fsp3) is 0.455. The average Bonchev–Trinajstić information content (AvgIpc) is 2.37. The molecule has 0 saturated heterocycles. The van der Waals surface area contributed by atoms with Gasteiger partial charge < -0.3 is 16.4 Å². The van der Waals surface area contributed by atoms with E-state index in [-0.39, 0.29) is 17.3 Å². The zero-order valence-corrected chi connectivity index (χ0v) is 11.2. The SMILES string of the molecule is NCCNCCNC(=O)c1ncc(C(F)(F)F)cc1Cl. The largest absolute Gasteiger partial charge is 0.417 e. The van der Waals surface area contributed by atoms with Gasteiger partial charge in [-0.15, -0.1) is 0 Å². The van der Waals surface area contributed by atoms with Gasteiger partial charge in [-0.3, -0.25) is 4.79 Å². The molecule has 5 nitrogen and oxygen atoms in total. The second-order valence-electron chi connectivity index (χ2n) is 3.85. The highest BCUT2D eigenvalue weighted by molar-refractivity contribution is 6.33. The molecule has 0 spiro atoms. The van der Waals surface area contributed by atoms with Gasteiger partial charge in [0.2, 0.25) is 0 Å². The lowest BCUT2D eigenvalue weighted by Crippen LogP contribution is -2.34. The molecule has 4 N–H and O–H groups in total. The Kier molecular flexibility index (Phi) is 6.18. The molecule has 1 aromatic rings. The Hall–Kier alpha value is -1.38. The van der Waals surface area contributed by atoms with Gasteiger partial charge in [-0.25, -0.2) is 4.98 Å². The van der Waals surface area contributed by atoms with Gasteiger partial charge in [0.05, 0.1) is 10.6 Å². The first-order valence-corrected chi connectivity index (χ1v) is 6.15. The molecule has 0 aromatic carbocycles. The van der Waals surface area contributed by atoms with Crippen molar-refractivity contribution in [3.63, 3.8) is 0 Å². The van der Waals surface area contributed by atoms with E-state index in [1.807, 2.05) is 0 Å². The van der Waals surface area contributed by atoms with E-state index in [0.29, 0.717) is 31.9 Å². The summed E-state index contributed by atoms with van der Waals surface area (Å²) in [7, 11) is 0. The molecule has 0 bridgehead atoms. The van der Waals surface area contributed by atoms with Crippen molar-refractivity contribution in [2.75, 3.05) is 26.2 Å². The third-order valence-electron chi connectivity index (χ3n) is 2.29. The lowest BCUT2D eigenvalue weighted by atomic mass is 10.2. The maximum atomic E-state index is 12.4. The van der Waals surface area contributed by atoms with E-state index in [0.717, 1.165) is 0 Å². The number of halogens is 4. The number of pyridine rings is 1. The Morgan fingerprint density at radius 2 is 2.05 bits per heavy atom. The van der Waals surface area contributed by atoms with Gasteiger partial charge in [0.25, 0.3) is 5.91 Å². The Balaban J connectivity index is 2.61. The number of amides is 1. The van der Waals surface area contributed by atoms with E-state index >= 15 is 0 Å². The molecular formula is C11H14ClF3N4O. The van der Waals surface area contributed by atoms with Gasteiger partial charge in [0.1, 0.15) is 5.69 Å². The van der Waals surface area contributed by atoms with E-state index < -0.39 is 17.6 Å². The zero-order valence-electron chi connectivity index (χ0n) is 10.4. The van der Waals surface area contributed by atoms with E-state index in [4.69, 9.17) is 17.3 Å². The predicted molar refractivity (Wildman–Crippen MR) is 68.5 cm³/mol. The van der Waals surface area contributed by atoms with Crippen LogP contribution in [0.1, 0.15) is 16.1 Å². The van der Waals surface area contributed by atoms with E-state index in [1.165, 1.54) is 0 Å². The van der Waals surface area contributed by atoms with Crippen LogP contribution < -0.4 is 16.4 Å². The number of carbonyl (C=O) groups excluding carboxylic acids is 1. The van der Waals surface area contributed by atoms with Crippen LogP contribution in [-0.2, 0) is 6.18 Å². The lowest BCUT2D eigenvalue weighted by Gasteiger charge is -2.09. The standard InChI is InChI=1S/C11H14ClF3N4O/c12-8-5-7(11(13,14)15)6-19-9(8)10(20)18-4-3-17-2-1-16/h5-6,17H,1-4,16H2,(H,18,20). The second-order valence-corrected chi connectivity index (χ2v) is 4.25. The van der Waals surface area contributed by atoms with Crippen molar-refractivity contribution in [2.24, 2.45) is 5.73 Å². The van der Waals surface area contributed by atoms with Gasteiger partial charge in [0.15, 0.2) is 0 Å². The average molecular weight is 311 g/mol. The molecule has 1 amide bonds. The van der Waals surface area contributed by atoms with Gasteiger partial charge in [0, 0.05) is 32.4 Å². The molecule has 1 heterocycles. The van der Waals surface area contributed by atoms with Gasteiger partial charge >= 0.3 is 6.18 Å². The van der Waals surface area contributed by atoms with Crippen LogP contribution in [-0.4, -0.2) is 37.1 Å². The van der Waals surface area contributed by atoms with Crippen molar-refractivity contribution in [1.82, 2.24) is 15.6 Å². The highest BCUT2D eigenvalue weighted by Crippen LogP contribution is 2.30. The molecule has 0 aliphatic rings. The van der Waals surface area contributed by atoms with E-state index in [2.05, 4.69) is 15.6 Å². The summed E-state index contributed by atoms with van der Waals surface area (Å²) in [5.41, 5.74) is 4.03. The van der Waals surface area contributed by atoms with E-state index in [1.54, 1.807) is 0 Å². The first kappa shape index (κ1) is 16.7. The number of hydrogen-bond donors (Lipinski definition) is 3. The van der Waals surface area contributed by atoms with Crippen molar-refractivity contribution in [3.8, 4) is 0 Å². The minimum absolute atomic E-state index is 0.238. The molecule has 112 valence electrons. The number of alkyl halides is 3. The number of hydrogen-bond acceptors (Lipinski definition) is 4. The molecule has 0 radical (unpaired) electrons. The topological polar surface area (TPSA) is 80.0 Å². The summed E-state index contributed by atoms with van der Waals surface area (Å²) in [6.45, 7) is 1.86. The molecule has 0 aliphatic carbocycles. The Morgan fingerprint density at radius 1 is 1.35 bits per heavy atom. The smallest absolute Gasteiger partial charge is 0.349 e. The second kappa shape index (κ2) is 7.41. The Labute approximate surface area is 118 Å². The van der Waals surface area contributed by atoms with Crippen LogP contribution in [0.5, 0.6) is 0 Å². The van der Waals surface area contributed by atoms with Crippen LogP contribution >= 0.6 is 11.6 Å². The highest BCUT2D eigenvalue weighted by atomic mass is 35.5. The zero-order chi connectivity index (χ0) is 15.2. The molecule has 1 rings (SSSR count). The van der Waals surface area contributed by atoms with Crippen molar-refractivity contribution < 1.29 is 18.0 Å². The van der Waals surface area contributed by atoms with Gasteiger partial charge in [-0.2, -0.15) is 13.2 Å². The van der Waals surface area contributed by atoms with Crippen LogP contribution in [0.2, 0.25) is 5.02 Å². The summed E-state index contributed by atoms with van der Waals surface area (Å²) < 4.78 is 37.2. The molecule has 9 heteroatoms. The minimum Gasteiger partial charge on any atom is -0.349 e. The first-order valence-electron chi connectivity index (χ1n) is 5.78. The molecular weight excluding hydrogens is 297 g/mol. The maximum absolute atomic E-state index is 12.4. The predicted octanol–water partition coefficient (Wildman–Crippen LogP) is 1.03. The van der Waals surface area contributed by atoms with Crippen LogP contribution in [0.15, 0.2) is 12.3 Å². The summed E-state index contributed by atoms with van der Waals surface area (Å²) in [6, 6.07) is 0.677. The van der Waals surface area contributed by atoms with Crippen molar-refractivity contribution in [3.05, 3.63) is 28.5 Å². The minimum atomic E-state index is -4.54. The Bertz CT molecular complexity index is 467. The molecule has 20 heavy (non-hydrogen) atoms. The molecule has 0 unspecified atom stereocenters. The number of nitrogens with one attached hydrogen (secondary N) is 2. The number of nitrogens with two attached hydrogens (primary N) is 1. The molecule has 0 saturated carbocycles. The van der Waals surface area contributed by atoms with Crippen LogP contribution in [0.4, 0.5) is 13.2 Å². The fourth-order valence-corrected chi connectivity index (χ4v) is 1.59. The van der Waals surface area contributed by atoms with Crippen LogP contribution in [0, 0.1) is 0 Å². The summed E-state index contributed by atoms with van der Waals surface area (Å²) >= 11 is 5.64. The third-order valence-corrected chi connectivity index (χ3v) is 2.58. The fourth-order valence-electron chi connectivity index (χ4n) is 1.34. The van der Waals surface area contributed by atoms with Gasteiger partial charge in [-0.1, -0.05) is 11.6 Å². The summed E-state index contributed by atoms with van der Waals surface area (Å²) in [5, 5.41) is 5.09. The van der Waals surface area contributed by atoms with Crippen molar-refractivity contribution in [2.45, 2.75) is 6.18 Å². The van der Waals surface area contributed by atoms with Crippen LogP contribution in [0.25, 0.3) is 0 Å². The maximum Gasteiger partial charge on any atom is 0.417 e. The monoisotopic (exact) mass is 310 g/mol. The number of carbonyl (C=O) groups is 1. The van der Waals surface area contributed by atoms with E-state index in [9.17, 15) is 18.0 Å². The van der Waals surface area contributed by atoms with Crippen molar-refractivity contribution >= 4 is 17.5 Å². The molecule has 1 aromatic heterocycles. The number of rotatable bonds is 6. The normalized spacial score (nSPS) is 11.4. The number of nitrogens with zero attached hydrogens (tertiary/aromatic N) is 1. The van der Waals surface area contributed by atoms with Crippen LogP contribution in [0.3, 0.4) is 0 Å². The highest BCUT2D eigenvalue weighted by Gasteiger charge is 2.32. The molecule has 0 aliphatic heterocycles. The quantitative estimate of drug-likeness (QED) is 0.686. The third kappa shape index (κ3) is 4.95.